The first kappa shape index (κ1) is 20.0. The van der Waals surface area contributed by atoms with Gasteiger partial charge >= 0.3 is 5.97 Å². The molecule has 2 aromatic rings. The van der Waals surface area contributed by atoms with Crippen molar-refractivity contribution >= 4 is 21.7 Å². The van der Waals surface area contributed by atoms with Crippen LogP contribution in [0.2, 0.25) is 0 Å². The minimum Gasteiger partial charge on any atom is -0.451 e. The molecule has 0 spiro atoms. The highest BCUT2D eigenvalue weighted by molar-refractivity contribution is 7.91. The molecule has 0 N–H and O–H groups in total. The third-order valence-corrected chi connectivity index (χ3v) is 6.32. The largest absolute Gasteiger partial charge is 0.451 e. The highest BCUT2D eigenvalue weighted by Crippen LogP contribution is 2.18. The number of benzene rings is 1. The van der Waals surface area contributed by atoms with Crippen LogP contribution < -0.4 is 0 Å². The summed E-state index contributed by atoms with van der Waals surface area (Å²) in [6, 6.07) is 9.21. The van der Waals surface area contributed by atoms with Crippen LogP contribution in [0.4, 0.5) is 0 Å². The molecule has 1 unspecified atom stereocenters. The summed E-state index contributed by atoms with van der Waals surface area (Å²) in [6.07, 6.45) is 1.87. The monoisotopic (exact) mass is 406 g/mol. The van der Waals surface area contributed by atoms with Crippen molar-refractivity contribution in [2.24, 2.45) is 0 Å². The van der Waals surface area contributed by atoms with Gasteiger partial charge in [-0.1, -0.05) is 35.5 Å². The number of nitrogens with zero attached hydrogens (tertiary/aromatic N) is 4. The first-order chi connectivity index (χ1) is 13.4. The second-order valence-electron chi connectivity index (χ2n) is 6.60. The number of sulfone groups is 1. The third-order valence-electron chi connectivity index (χ3n) is 4.57. The SMILES string of the molecule is CCN(C(=O)COC(=O)c1cn(Cc2ccccc2)nn1)C1CCS(=O)(=O)C1. The zero-order valence-electron chi connectivity index (χ0n) is 15.5. The molecule has 0 radical (unpaired) electrons. The van der Waals surface area contributed by atoms with Gasteiger partial charge in [-0.25, -0.2) is 17.9 Å². The highest BCUT2D eigenvalue weighted by Gasteiger charge is 2.34. The molecule has 1 saturated heterocycles. The van der Waals surface area contributed by atoms with E-state index in [4.69, 9.17) is 4.74 Å². The summed E-state index contributed by atoms with van der Waals surface area (Å²) in [6.45, 7) is 2.11. The molecule has 1 aliphatic rings. The standard InChI is InChI=1S/C18H22N4O5S/c1-2-22(15-8-9-28(25,26)13-15)17(23)12-27-18(24)16-11-21(20-19-16)10-14-6-4-3-5-7-14/h3-7,11,15H,2,8-10,12-13H2,1H3. The summed E-state index contributed by atoms with van der Waals surface area (Å²) in [4.78, 5) is 26.0. The number of hydrogen-bond acceptors (Lipinski definition) is 7. The van der Waals surface area contributed by atoms with Gasteiger partial charge in [-0.15, -0.1) is 5.10 Å². The van der Waals surface area contributed by atoms with Crippen molar-refractivity contribution in [3.63, 3.8) is 0 Å². The van der Waals surface area contributed by atoms with E-state index in [0.717, 1.165) is 5.56 Å². The Kier molecular flexibility index (Phi) is 6.08. The predicted octanol–water partition coefficient (Wildman–Crippen LogP) is 0.519. The summed E-state index contributed by atoms with van der Waals surface area (Å²) in [5.74, 6) is -1.14. The maximum absolute atomic E-state index is 12.4. The molecule has 1 atom stereocenters. The average Bonchev–Trinajstić information content (AvgIpc) is 3.27. The number of carbonyl (C=O) groups is 2. The van der Waals surface area contributed by atoms with E-state index in [1.54, 1.807) is 6.92 Å². The van der Waals surface area contributed by atoms with Crippen LogP contribution in [0.5, 0.6) is 0 Å². The summed E-state index contributed by atoms with van der Waals surface area (Å²) < 4.78 is 29.8. The van der Waals surface area contributed by atoms with Crippen molar-refractivity contribution in [2.75, 3.05) is 24.7 Å². The van der Waals surface area contributed by atoms with Crippen LogP contribution in [0.15, 0.2) is 36.5 Å². The lowest BCUT2D eigenvalue weighted by molar-refractivity contribution is -0.136. The highest BCUT2D eigenvalue weighted by atomic mass is 32.2. The molecule has 10 heteroatoms. The lowest BCUT2D eigenvalue weighted by Gasteiger charge is -2.26. The number of likely N-dealkylation sites (N-methyl/N-ethyl adjacent to an activating group) is 1. The van der Waals surface area contributed by atoms with Crippen molar-refractivity contribution < 1.29 is 22.7 Å². The van der Waals surface area contributed by atoms with Gasteiger partial charge in [0.25, 0.3) is 5.91 Å². The molecule has 1 aromatic heterocycles. The molecule has 1 amide bonds. The zero-order valence-corrected chi connectivity index (χ0v) is 16.3. The van der Waals surface area contributed by atoms with Crippen LogP contribution in [0.25, 0.3) is 0 Å². The van der Waals surface area contributed by atoms with Crippen molar-refractivity contribution in [3.8, 4) is 0 Å². The van der Waals surface area contributed by atoms with Gasteiger partial charge in [0, 0.05) is 12.6 Å². The van der Waals surface area contributed by atoms with Gasteiger partial charge in [-0.3, -0.25) is 4.79 Å². The lowest BCUT2D eigenvalue weighted by Crippen LogP contribution is -2.43. The third kappa shape index (κ3) is 4.94. The number of hydrogen-bond donors (Lipinski definition) is 0. The summed E-state index contributed by atoms with van der Waals surface area (Å²) >= 11 is 0. The van der Waals surface area contributed by atoms with Gasteiger partial charge in [0.05, 0.1) is 24.2 Å². The van der Waals surface area contributed by atoms with E-state index >= 15 is 0 Å². The molecule has 0 bridgehead atoms. The molecule has 28 heavy (non-hydrogen) atoms. The van der Waals surface area contributed by atoms with E-state index < -0.39 is 28.3 Å². The van der Waals surface area contributed by atoms with Crippen LogP contribution in [-0.2, 0) is 25.9 Å². The van der Waals surface area contributed by atoms with Crippen molar-refractivity contribution in [1.29, 1.82) is 0 Å². The lowest BCUT2D eigenvalue weighted by atomic mass is 10.2. The first-order valence-corrected chi connectivity index (χ1v) is 10.8. The fourth-order valence-electron chi connectivity index (χ4n) is 3.18. The van der Waals surface area contributed by atoms with E-state index in [1.807, 2.05) is 30.3 Å². The molecule has 1 aromatic carbocycles. The van der Waals surface area contributed by atoms with E-state index in [0.29, 0.717) is 19.5 Å². The van der Waals surface area contributed by atoms with Gasteiger partial charge in [-0.2, -0.15) is 0 Å². The maximum Gasteiger partial charge on any atom is 0.361 e. The Balaban J connectivity index is 1.54. The molecule has 0 aliphatic carbocycles. The molecule has 3 rings (SSSR count). The molecular formula is C18H22N4O5S. The first-order valence-electron chi connectivity index (χ1n) is 8.99. The topological polar surface area (TPSA) is 111 Å². The fourth-order valence-corrected chi connectivity index (χ4v) is 4.91. The maximum atomic E-state index is 12.4. The van der Waals surface area contributed by atoms with Crippen molar-refractivity contribution in [1.82, 2.24) is 19.9 Å². The van der Waals surface area contributed by atoms with E-state index in [1.165, 1.54) is 15.8 Å². The van der Waals surface area contributed by atoms with Crippen LogP contribution >= 0.6 is 0 Å². The Morgan fingerprint density at radius 3 is 2.68 bits per heavy atom. The number of aromatic nitrogens is 3. The number of rotatable bonds is 7. The second-order valence-corrected chi connectivity index (χ2v) is 8.83. The average molecular weight is 406 g/mol. The Bertz CT molecular complexity index is 942. The van der Waals surface area contributed by atoms with Crippen LogP contribution in [0.1, 0.15) is 29.4 Å². The minimum atomic E-state index is -3.10. The van der Waals surface area contributed by atoms with Gasteiger partial charge in [0.1, 0.15) is 0 Å². The molecule has 150 valence electrons. The summed E-state index contributed by atoms with van der Waals surface area (Å²) in [5, 5.41) is 7.68. The van der Waals surface area contributed by atoms with Crippen molar-refractivity contribution in [2.45, 2.75) is 25.9 Å². The molecule has 1 aliphatic heterocycles. The molecular weight excluding hydrogens is 384 g/mol. The predicted molar refractivity (Wildman–Crippen MR) is 100 cm³/mol. The van der Waals surface area contributed by atoms with Crippen LogP contribution in [0, 0.1) is 0 Å². The molecule has 0 saturated carbocycles. The molecule has 2 heterocycles. The van der Waals surface area contributed by atoms with E-state index in [9.17, 15) is 18.0 Å². The normalized spacial score (nSPS) is 18.0. The smallest absolute Gasteiger partial charge is 0.361 e. The Hall–Kier alpha value is -2.75. The summed E-state index contributed by atoms with van der Waals surface area (Å²) in [7, 11) is -3.10. The van der Waals surface area contributed by atoms with Crippen molar-refractivity contribution in [3.05, 3.63) is 47.8 Å². The van der Waals surface area contributed by atoms with Gasteiger partial charge in [0.2, 0.25) is 0 Å². The van der Waals surface area contributed by atoms with Gasteiger partial charge in [-0.05, 0) is 18.9 Å². The quantitative estimate of drug-likeness (QED) is 0.616. The number of amides is 1. The Morgan fingerprint density at radius 2 is 2.04 bits per heavy atom. The van der Waals surface area contributed by atoms with Crippen LogP contribution in [0.3, 0.4) is 0 Å². The minimum absolute atomic E-state index is 0.00947. The summed E-state index contributed by atoms with van der Waals surface area (Å²) in [5.41, 5.74) is 1.02. The Morgan fingerprint density at radius 1 is 1.29 bits per heavy atom. The van der Waals surface area contributed by atoms with E-state index in [-0.39, 0.29) is 23.2 Å². The van der Waals surface area contributed by atoms with Gasteiger partial charge in [0.15, 0.2) is 22.1 Å². The molecule has 1 fully saturated rings. The number of ether oxygens (including phenoxy) is 1. The van der Waals surface area contributed by atoms with E-state index in [2.05, 4.69) is 10.3 Å². The Labute approximate surface area is 163 Å². The number of carbonyl (C=O) groups excluding carboxylic acids is 2. The van der Waals surface area contributed by atoms with Gasteiger partial charge < -0.3 is 9.64 Å². The fraction of sp³-hybridized carbons (Fsp3) is 0.444. The zero-order chi connectivity index (χ0) is 20.1. The van der Waals surface area contributed by atoms with Crippen LogP contribution in [-0.4, -0.2) is 70.9 Å². The number of esters is 1. The molecule has 9 nitrogen and oxygen atoms in total. The second kappa shape index (κ2) is 8.51.